The third-order valence-electron chi connectivity index (χ3n) is 3.75. The third-order valence-corrected chi connectivity index (χ3v) is 5.97. The van der Waals surface area contributed by atoms with Gasteiger partial charge in [-0.2, -0.15) is 0 Å². The summed E-state index contributed by atoms with van der Waals surface area (Å²) >= 11 is 0. The highest BCUT2D eigenvalue weighted by Gasteiger charge is 2.15. The molecule has 0 fully saturated rings. The molecule has 0 aliphatic rings. The zero-order valence-electron chi connectivity index (χ0n) is 14.6. The first kappa shape index (κ1) is 19.1. The molecule has 0 saturated heterocycles. The predicted molar refractivity (Wildman–Crippen MR) is 97.3 cm³/mol. The van der Waals surface area contributed by atoms with Gasteiger partial charge in [-0.05, 0) is 36.4 Å². The number of carbonyl (C=O) groups is 1. The lowest BCUT2D eigenvalue weighted by Gasteiger charge is -2.07. The van der Waals surface area contributed by atoms with Crippen LogP contribution < -0.4 is 5.36 Å². The maximum Gasteiger partial charge on any atom is 0.332 e. The number of sulfone groups is 2. The Bertz CT molecular complexity index is 1270. The van der Waals surface area contributed by atoms with Gasteiger partial charge in [0.15, 0.2) is 19.7 Å². The number of hydrogen-bond acceptors (Lipinski definition) is 8. The van der Waals surface area contributed by atoms with Crippen LogP contribution in [0.3, 0.4) is 0 Å². The Kier molecular flexibility index (Phi) is 4.56. The number of rotatable bonds is 3. The molecule has 0 radical (unpaired) electrons. The van der Waals surface area contributed by atoms with E-state index in [0.29, 0.717) is 11.2 Å². The van der Waals surface area contributed by atoms with E-state index in [-0.39, 0.29) is 25.9 Å². The van der Waals surface area contributed by atoms with E-state index in [4.69, 9.17) is 9.25 Å². The van der Waals surface area contributed by atoms with Crippen molar-refractivity contribution in [1.29, 1.82) is 0 Å². The lowest BCUT2D eigenvalue weighted by atomic mass is 10.1. The van der Waals surface area contributed by atoms with E-state index in [1.54, 1.807) is 0 Å². The Morgan fingerprint density at radius 1 is 0.889 bits per heavy atom. The summed E-state index contributed by atoms with van der Waals surface area (Å²) in [7, 11) is -7.03. The first-order chi connectivity index (χ1) is 12.5. The number of hydrogen-bond donors (Lipinski definition) is 0. The van der Waals surface area contributed by atoms with Crippen molar-refractivity contribution in [1.82, 2.24) is 0 Å². The summed E-state index contributed by atoms with van der Waals surface area (Å²) in [6, 6.07) is 8.36. The fourth-order valence-corrected chi connectivity index (χ4v) is 3.79. The van der Waals surface area contributed by atoms with Crippen LogP contribution in [0.1, 0.15) is 6.92 Å². The van der Waals surface area contributed by atoms with Crippen LogP contribution in [0.15, 0.2) is 55.8 Å². The van der Waals surface area contributed by atoms with Crippen molar-refractivity contribution in [3.8, 4) is 0 Å². The maximum atomic E-state index is 11.9. The molecule has 10 heteroatoms. The average Bonchev–Trinajstić information content (AvgIpc) is 2.55. The Morgan fingerprint density at radius 3 is 1.70 bits per heavy atom. The van der Waals surface area contributed by atoms with Crippen molar-refractivity contribution >= 4 is 47.6 Å². The molecular weight excluding hydrogens is 394 g/mol. The molecular formula is C17H15NO7S2. The molecule has 3 aromatic rings. The molecule has 142 valence electrons. The number of nitrogens with zero attached hydrogens (tertiary/aromatic N) is 1. The van der Waals surface area contributed by atoms with Crippen LogP contribution in [-0.2, 0) is 29.3 Å². The molecule has 1 heterocycles. The van der Waals surface area contributed by atoms with Crippen LogP contribution >= 0.6 is 0 Å². The largest absolute Gasteiger partial charge is 0.456 e. The van der Waals surface area contributed by atoms with Gasteiger partial charge >= 0.3 is 5.97 Å². The molecule has 27 heavy (non-hydrogen) atoms. The highest BCUT2D eigenvalue weighted by atomic mass is 32.2. The van der Waals surface area contributed by atoms with Crippen molar-refractivity contribution < 1.29 is 30.9 Å². The van der Waals surface area contributed by atoms with Gasteiger partial charge < -0.3 is 9.25 Å². The van der Waals surface area contributed by atoms with Crippen LogP contribution in [0.5, 0.6) is 0 Å². The van der Waals surface area contributed by atoms with E-state index in [2.05, 4.69) is 5.16 Å². The van der Waals surface area contributed by atoms with Crippen LogP contribution in [-0.4, -0.2) is 35.3 Å². The van der Waals surface area contributed by atoms with Crippen molar-refractivity contribution in [3.63, 3.8) is 0 Å². The molecule has 8 nitrogen and oxygen atoms in total. The third kappa shape index (κ3) is 3.86. The van der Waals surface area contributed by atoms with Crippen LogP contribution in [0.2, 0.25) is 0 Å². The molecule has 0 aliphatic heterocycles. The fourth-order valence-electron chi connectivity index (χ4n) is 2.50. The molecule has 2 aromatic carbocycles. The molecule has 0 saturated carbocycles. The summed E-state index contributed by atoms with van der Waals surface area (Å²) in [5, 5.41) is 4.43. The molecule has 1 aromatic heterocycles. The predicted octanol–water partition coefficient (Wildman–Crippen LogP) is 1.77. The van der Waals surface area contributed by atoms with E-state index >= 15 is 0 Å². The first-order valence-electron chi connectivity index (χ1n) is 7.59. The zero-order valence-corrected chi connectivity index (χ0v) is 16.2. The zero-order chi connectivity index (χ0) is 20.0. The van der Waals surface area contributed by atoms with E-state index < -0.39 is 25.6 Å². The minimum Gasteiger partial charge on any atom is -0.456 e. The smallest absolute Gasteiger partial charge is 0.332 e. The standard InChI is InChI=1S/C17H15NO7S2/c1-10(19)25-18-17-13-8-11(26(2,20)21)4-6-15(13)24-16-7-5-12(9-14(16)17)27(3,22)23/h4-9H,1-3H3. The van der Waals surface area contributed by atoms with Crippen molar-refractivity contribution in [2.75, 3.05) is 12.5 Å². The summed E-state index contributed by atoms with van der Waals surface area (Å²) in [6.45, 7) is 1.16. The van der Waals surface area contributed by atoms with Crippen LogP contribution in [0, 0.1) is 0 Å². The highest BCUT2D eigenvalue weighted by Crippen LogP contribution is 2.24. The molecule has 0 N–H and O–H groups in total. The summed E-state index contributed by atoms with van der Waals surface area (Å²) < 4.78 is 53.2. The van der Waals surface area contributed by atoms with Crippen LogP contribution in [0.25, 0.3) is 21.9 Å². The van der Waals surface area contributed by atoms with E-state index in [9.17, 15) is 21.6 Å². The summed E-state index contributed by atoms with van der Waals surface area (Å²) in [4.78, 5) is 16.0. The Balaban J connectivity index is 2.52. The van der Waals surface area contributed by atoms with Gasteiger partial charge in [-0.1, -0.05) is 5.16 Å². The first-order valence-corrected chi connectivity index (χ1v) is 11.4. The van der Waals surface area contributed by atoms with Gasteiger partial charge in [0.25, 0.3) is 0 Å². The molecule has 3 rings (SSSR count). The normalized spacial score (nSPS) is 12.3. The van der Waals surface area contributed by atoms with E-state index in [1.165, 1.54) is 36.4 Å². The number of carbonyl (C=O) groups excluding carboxylic acids is 1. The second-order valence-corrected chi connectivity index (χ2v) is 10.0. The topological polar surface area (TPSA) is 120 Å². The SMILES string of the molecule is CC(=O)ON=c1c2cc(S(C)(=O)=O)ccc2oc2ccc(S(C)(=O)=O)cc12. The molecule has 0 aliphatic carbocycles. The molecule has 0 bridgehead atoms. The van der Waals surface area contributed by atoms with Gasteiger partial charge in [-0.25, -0.2) is 21.6 Å². The fraction of sp³-hybridized carbons (Fsp3) is 0.176. The van der Waals surface area contributed by atoms with Gasteiger partial charge in [0.05, 0.1) is 9.79 Å². The molecule has 0 atom stereocenters. The van der Waals surface area contributed by atoms with Crippen molar-refractivity contribution in [2.24, 2.45) is 5.16 Å². The van der Waals surface area contributed by atoms with E-state index in [1.807, 2.05) is 0 Å². The maximum absolute atomic E-state index is 11.9. The minimum absolute atomic E-state index is 0.0168. The average molecular weight is 409 g/mol. The molecule has 0 unspecified atom stereocenters. The monoisotopic (exact) mass is 409 g/mol. The van der Waals surface area contributed by atoms with Gasteiger partial charge in [0.1, 0.15) is 16.5 Å². The second-order valence-electron chi connectivity index (χ2n) is 5.99. The lowest BCUT2D eigenvalue weighted by Crippen LogP contribution is -2.10. The number of benzene rings is 2. The number of fused-ring (bicyclic) bond motifs is 2. The minimum atomic E-state index is -3.51. The second kappa shape index (κ2) is 6.46. The highest BCUT2D eigenvalue weighted by molar-refractivity contribution is 7.91. The Labute approximate surface area is 154 Å². The van der Waals surface area contributed by atoms with Crippen LogP contribution in [0.4, 0.5) is 0 Å². The quantitative estimate of drug-likeness (QED) is 0.367. The molecule has 0 spiro atoms. The summed E-state index contributed by atoms with van der Waals surface area (Å²) in [5.41, 5.74) is 0.598. The lowest BCUT2D eigenvalue weighted by molar-refractivity contribution is -0.141. The van der Waals surface area contributed by atoms with Gasteiger partial charge in [0, 0.05) is 30.2 Å². The van der Waals surface area contributed by atoms with Crippen molar-refractivity contribution in [3.05, 3.63) is 41.8 Å². The molecule has 0 amide bonds. The Morgan fingerprint density at radius 2 is 1.33 bits per heavy atom. The summed E-state index contributed by atoms with van der Waals surface area (Å²) in [6.07, 6.45) is 2.11. The van der Waals surface area contributed by atoms with Gasteiger partial charge in [0.2, 0.25) is 0 Å². The van der Waals surface area contributed by atoms with Gasteiger partial charge in [-0.3, -0.25) is 0 Å². The summed E-state index contributed by atoms with van der Waals surface area (Å²) in [5.74, 6) is -0.685. The Hall–Kier alpha value is -2.72. The van der Waals surface area contributed by atoms with Crippen molar-refractivity contribution in [2.45, 2.75) is 16.7 Å². The van der Waals surface area contributed by atoms with E-state index in [0.717, 1.165) is 19.4 Å². The van der Waals surface area contributed by atoms with Gasteiger partial charge in [-0.15, -0.1) is 0 Å².